The highest BCUT2D eigenvalue weighted by Gasteiger charge is 2.30. The zero-order valence-corrected chi connectivity index (χ0v) is 15.7. The molecule has 1 N–H and O–H groups in total. The predicted octanol–water partition coefficient (Wildman–Crippen LogP) is 2.42. The van der Waals surface area contributed by atoms with Gasteiger partial charge in [-0.15, -0.1) is 0 Å². The van der Waals surface area contributed by atoms with Crippen molar-refractivity contribution in [3.05, 3.63) is 35.4 Å². The highest BCUT2D eigenvalue weighted by atomic mass is 16.6. The lowest BCUT2D eigenvalue weighted by atomic mass is 10.0. The molecule has 0 aromatic heterocycles. The number of carbonyl (C=O) groups is 2. The third kappa shape index (κ3) is 4.36. The molecule has 0 unspecified atom stereocenters. The Bertz CT molecular complexity index is 641. The Hall–Kier alpha value is -2.08. The van der Waals surface area contributed by atoms with Gasteiger partial charge < -0.3 is 19.9 Å². The summed E-state index contributed by atoms with van der Waals surface area (Å²) < 4.78 is 5.06. The van der Waals surface area contributed by atoms with E-state index in [4.69, 9.17) is 4.74 Å². The van der Waals surface area contributed by atoms with Crippen molar-refractivity contribution in [2.75, 3.05) is 32.8 Å². The number of likely N-dealkylation sites (tertiary alicyclic amines) is 2. The molecule has 2 fully saturated rings. The van der Waals surface area contributed by atoms with Gasteiger partial charge in [-0.3, -0.25) is 4.79 Å². The summed E-state index contributed by atoms with van der Waals surface area (Å²) in [6, 6.07) is 8.51. The Kier molecular flexibility index (Phi) is 6.14. The van der Waals surface area contributed by atoms with E-state index in [2.05, 4.69) is 5.32 Å². The molecule has 1 atom stereocenters. The molecule has 2 aliphatic heterocycles. The zero-order valence-electron chi connectivity index (χ0n) is 15.7. The van der Waals surface area contributed by atoms with Gasteiger partial charge in [-0.05, 0) is 44.7 Å². The maximum absolute atomic E-state index is 12.7. The van der Waals surface area contributed by atoms with Crippen molar-refractivity contribution < 1.29 is 14.3 Å². The van der Waals surface area contributed by atoms with Gasteiger partial charge in [0.2, 0.25) is 0 Å². The van der Waals surface area contributed by atoms with E-state index in [0.29, 0.717) is 18.7 Å². The summed E-state index contributed by atoms with van der Waals surface area (Å²) in [5.41, 5.74) is 1.83. The average Bonchev–Trinajstić information content (AvgIpc) is 3.11. The number of carbonyl (C=O) groups excluding carboxylic acids is 2. The van der Waals surface area contributed by atoms with Gasteiger partial charge >= 0.3 is 6.09 Å². The molecular weight excluding hydrogens is 330 g/mol. The fourth-order valence-electron chi connectivity index (χ4n) is 3.84. The molecule has 2 heterocycles. The molecule has 0 aliphatic carbocycles. The van der Waals surface area contributed by atoms with E-state index in [9.17, 15) is 9.59 Å². The van der Waals surface area contributed by atoms with Gasteiger partial charge in [-0.1, -0.05) is 18.2 Å². The van der Waals surface area contributed by atoms with Crippen molar-refractivity contribution >= 4 is 12.0 Å². The first-order chi connectivity index (χ1) is 12.6. The number of nitrogens with one attached hydrogen (secondary N) is 1. The van der Waals surface area contributed by atoms with Crippen LogP contribution in [0.1, 0.15) is 42.1 Å². The summed E-state index contributed by atoms with van der Waals surface area (Å²) in [7, 11) is 0. The largest absolute Gasteiger partial charge is 0.450 e. The molecule has 26 heavy (non-hydrogen) atoms. The Balaban J connectivity index is 1.46. The van der Waals surface area contributed by atoms with Crippen LogP contribution in [-0.4, -0.2) is 66.7 Å². The smallest absolute Gasteiger partial charge is 0.409 e. The second-order valence-electron chi connectivity index (χ2n) is 7.18. The van der Waals surface area contributed by atoms with Crippen LogP contribution < -0.4 is 5.32 Å². The van der Waals surface area contributed by atoms with Crippen molar-refractivity contribution in [1.82, 2.24) is 15.1 Å². The first kappa shape index (κ1) is 18.7. The second kappa shape index (κ2) is 8.54. The first-order valence-electron chi connectivity index (χ1n) is 9.61. The first-order valence-corrected chi connectivity index (χ1v) is 9.61. The predicted molar refractivity (Wildman–Crippen MR) is 100 cm³/mol. The van der Waals surface area contributed by atoms with Gasteiger partial charge in [-0.2, -0.15) is 0 Å². The highest BCUT2D eigenvalue weighted by Crippen LogP contribution is 2.19. The Morgan fingerprint density at radius 1 is 1.08 bits per heavy atom. The van der Waals surface area contributed by atoms with E-state index in [1.54, 1.807) is 4.90 Å². The summed E-state index contributed by atoms with van der Waals surface area (Å²) in [6.07, 6.45) is 2.64. The van der Waals surface area contributed by atoms with E-state index in [-0.39, 0.29) is 12.0 Å². The summed E-state index contributed by atoms with van der Waals surface area (Å²) in [4.78, 5) is 28.2. The molecule has 2 amide bonds. The summed E-state index contributed by atoms with van der Waals surface area (Å²) in [6.45, 7) is 7.25. The molecule has 1 aromatic rings. The van der Waals surface area contributed by atoms with Crippen LogP contribution in [0, 0.1) is 6.92 Å². The van der Waals surface area contributed by atoms with E-state index in [1.165, 1.54) is 0 Å². The molecular formula is C20H29N3O3. The minimum Gasteiger partial charge on any atom is -0.450 e. The molecule has 0 saturated carbocycles. The number of benzene rings is 1. The van der Waals surface area contributed by atoms with Crippen LogP contribution in [0.4, 0.5) is 4.79 Å². The normalized spacial score (nSPS) is 21.1. The molecule has 3 rings (SSSR count). The lowest BCUT2D eigenvalue weighted by molar-refractivity contribution is 0.0783. The fourth-order valence-corrected chi connectivity index (χ4v) is 3.84. The molecule has 0 spiro atoms. The second-order valence-corrected chi connectivity index (χ2v) is 7.18. The maximum Gasteiger partial charge on any atom is 0.409 e. The van der Waals surface area contributed by atoms with E-state index < -0.39 is 0 Å². The van der Waals surface area contributed by atoms with Crippen molar-refractivity contribution in [2.24, 2.45) is 0 Å². The van der Waals surface area contributed by atoms with Crippen LogP contribution in [0.2, 0.25) is 0 Å². The van der Waals surface area contributed by atoms with E-state index in [1.807, 2.05) is 43.0 Å². The number of rotatable bonds is 4. The van der Waals surface area contributed by atoms with Crippen molar-refractivity contribution in [3.63, 3.8) is 0 Å². The lowest BCUT2D eigenvalue weighted by Crippen LogP contribution is -2.48. The van der Waals surface area contributed by atoms with Crippen LogP contribution in [-0.2, 0) is 4.74 Å². The Morgan fingerprint density at radius 3 is 2.42 bits per heavy atom. The molecule has 2 aliphatic rings. The number of nitrogens with zero attached hydrogens (tertiary/aromatic N) is 2. The maximum atomic E-state index is 12.7. The van der Waals surface area contributed by atoms with Gasteiger partial charge in [0, 0.05) is 43.8 Å². The van der Waals surface area contributed by atoms with Gasteiger partial charge in [0.25, 0.3) is 5.91 Å². The molecule has 0 radical (unpaired) electrons. The monoisotopic (exact) mass is 359 g/mol. The third-order valence-electron chi connectivity index (χ3n) is 5.34. The quantitative estimate of drug-likeness (QED) is 0.897. The molecule has 6 heteroatoms. The Labute approximate surface area is 155 Å². The molecule has 0 bridgehead atoms. The molecule has 6 nitrogen and oxygen atoms in total. The number of hydrogen-bond acceptors (Lipinski definition) is 4. The third-order valence-corrected chi connectivity index (χ3v) is 5.34. The lowest BCUT2D eigenvalue weighted by Gasteiger charge is -2.33. The van der Waals surface area contributed by atoms with Gasteiger partial charge in [0.1, 0.15) is 0 Å². The standard InChI is InChI=1S/C20H29N3O3/c1-3-26-20(25)22-11-8-16(9-12-22)21-17-10-13-23(14-17)19(24)18-7-5-4-6-15(18)2/h4-7,16-17,21H,3,8-14H2,1-2H3/t17-/m0/s1. The number of ether oxygens (including phenoxy) is 1. The molecule has 142 valence electrons. The summed E-state index contributed by atoms with van der Waals surface area (Å²) in [5.74, 6) is 0.129. The number of piperidine rings is 1. The summed E-state index contributed by atoms with van der Waals surface area (Å²) >= 11 is 0. The van der Waals surface area contributed by atoms with Crippen LogP contribution in [0.3, 0.4) is 0 Å². The summed E-state index contributed by atoms with van der Waals surface area (Å²) in [5, 5.41) is 3.69. The molecule has 1 aromatic carbocycles. The van der Waals surface area contributed by atoms with Gasteiger partial charge in [0.15, 0.2) is 0 Å². The van der Waals surface area contributed by atoms with Crippen LogP contribution in [0.5, 0.6) is 0 Å². The van der Waals surface area contributed by atoms with Crippen LogP contribution >= 0.6 is 0 Å². The topological polar surface area (TPSA) is 61.9 Å². The van der Waals surface area contributed by atoms with E-state index in [0.717, 1.165) is 56.6 Å². The van der Waals surface area contributed by atoms with Crippen molar-refractivity contribution in [3.8, 4) is 0 Å². The van der Waals surface area contributed by atoms with E-state index >= 15 is 0 Å². The van der Waals surface area contributed by atoms with Gasteiger partial charge in [0.05, 0.1) is 6.61 Å². The molecule has 2 saturated heterocycles. The number of aryl methyl sites for hydroxylation is 1. The Morgan fingerprint density at radius 2 is 1.73 bits per heavy atom. The highest BCUT2D eigenvalue weighted by molar-refractivity contribution is 5.95. The number of hydrogen-bond donors (Lipinski definition) is 1. The minimum atomic E-state index is -0.207. The minimum absolute atomic E-state index is 0.129. The average molecular weight is 359 g/mol. The van der Waals surface area contributed by atoms with Crippen molar-refractivity contribution in [1.29, 1.82) is 0 Å². The number of amides is 2. The van der Waals surface area contributed by atoms with Crippen LogP contribution in [0.15, 0.2) is 24.3 Å². The zero-order chi connectivity index (χ0) is 18.5. The van der Waals surface area contributed by atoms with Gasteiger partial charge in [-0.25, -0.2) is 4.79 Å². The van der Waals surface area contributed by atoms with Crippen molar-refractivity contribution in [2.45, 2.75) is 45.2 Å². The van der Waals surface area contributed by atoms with Crippen LogP contribution in [0.25, 0.3) is 0 Å². The fraction of sp³-hybridized carbons (Fsp3) is 0.600. The SMILES string of the molecule is CCOC(=O)N1CCC(N[C@H]2CCN(C(=O)c3ccccc3C)C2)CC1.